The van der Waals surface area contributed by atoms with Gasteiger partial charge in [-0.1, -0.05) is 5.10 Å². The molecule has 0 atom stereocenters. The number of rotatable bonds is 0. The Hall–Kier alpha value is -2.25. The lowest BCUT2D eigenvalue weighted by Gasteiger charge is -1.91. The third-order valence-corrected chi connectivity index (χ3v) is 1.64. The molecule has 0 bridgehead atoms. The Morgan fingerprint density at radius 1 is 1.31 bits per heavy atom. The van der Waals surface area contributed by atoms with Crippen LogP contribution in [0, 0.1) is 0 Å². The van der Waals surface area contributed by atoms with Crippen molar-refractivity contribution in [2.45, 2.75) is 0 Å². The van der Waals surface area contributed by atoms with Gasteiger partial charge in [0.05, 0.1) is 6.20 Å². The van der Waals surface area contributed by atoms with Crippen LogP contribution < -0.4 is 0 Å². The molecule has 62 valence electrons. The summed E-state index contributed by atoms with van der Waals surface area (Å²) in [6.45, 7) is 0. The van der Waals surface area contributed by atoms with Crippen molar-refractivity contribution in [3.8, 4) is 0 Å². The molecule has 0 N–H and O–H groups in total. The topological polar surface area (TPSA) is 97.8 Å². The van der Waals surface area contributed by atoms with Crippen LogP contribution in [-0.2, 0) is 0 Å². The van der Waals surface area contributed by atoms with E-state index in [0.717, 1.165) is 0 Å². The monoisotopic (exact) mass is 175 g/mol. The summed E-state index contributed by atoms with van der Waals surface area (Å²) in [4.78, 5) is 15.0. The third kappa shape index (κ3) is 0.708. The van der Waals surface area contributed by atoms with Gasteiger partial charge >= 0.3 is 5.91 Å². The fourth-order valence-corrected chi connectivity index (χ4v) is 1.05. The highest BCUT2D eigenvalue weighted by atomic mass is 16.2. The lowest BCUT2D eigenvalue weighted by molar-refractivity contribution is 0.100. The first-order valence-electron chi connectivity index (χ1n) is 3.39. The van der Waals surface area contributed by atoms with Gasteiger partial charge in [-0.3, -0.25) is 4.79 Å². The molecule has 2 aromatic heterocycles. The van der Waals surface area contributed by atoms with E-state index in [0.29, 0.717) is 11.3 Å². The van der Waals surface area contributed by atoms with Crippen LogP contribution in [-0.4, -0.2) is 30.9 Å². The van der Waals surface area contributed by atoms with Gasteiger partial charge in [0.25, 0.3) is 5.78 Å². The molecule has 13 heavy (non-hydrogen) atoms. The Kier molecular flexibility index (Phi) is 0.925. The summed E-state index contributed by atoms with van der Waals surface area (Å²) in [5.41, 5.74) is 0.319. The van der Waals surface area contributed by atoms with Crippen molar-refractivity contribution >= 4 is 17.5 Å². The number of azo groups is 1. The third-order valence-electron chi connectivity index (χ3n) is 1.64. The van der Waals surface area contributed by atoms with Crippen molar-refractivity contribution in [2.24, 2.45) is 10.2 Å². The SMILES string of the molecule is O=C1N=Nc2nc3nnnn3cc21. The predicted molar refractivity (Wildman–Crippen MR) is 37.4 cm³/mol. The number of carbonyl (C=O) groups is 1. The quantitative estimate of drug-likeness (QED) is 0.550. The molecule has 3 rings (SSSR count). The van der Waals surface area contributed by atoms with Gasteiger partial charge in [0.15, 0.2) is 5.82 Å². The number of fused-ring (bicyclic) bond motifs is 2. The molecule has 1 aliphatic heterocycles. The zero-order valence-electron chi connectivity index (χ0n) is 6.12. The Bertz CT molecular complexity index is 541. The molecule has 0 aromatic carbocycles. The molecule has 8 heteroatoms. The summed E-state index contributed by atoms with van der Waals surface area (Å²) >= 11 is 0. The van der Waals surface area contributed by atoms with Gasteiger partial charge in [0.2, 0.25) is 0 Å². The molecule has 0 spiro atoms. The fourth-order valence-electron chi connectivity index (χ4n) is 1.05. The molecule has 3 heterocycles. The first-order chi connectivity index (χ1) is 6.34. The van der Waals surface area contributed by atoms with Crippen molar-refractivity contribution in [1.29, 1.82) is 0 Å². The molecule has 2 aromatic rings. The van der Waals surface area contributed by atoms with Crippen molar-refractivity contribution in [2.75, 3.05) is 0 Å². The molecule has 1 amide bonds. The largest absolute Gasteiger partial charge is 0.300 e. The van der Waals surface area contributed by atoms with Gasteiger partial charge in [-0.25, -0.2) is 0 Å². The Labute approximate surface area is 70.3 Å². The van der Waals surface area contributed by atoms with Crippen molar-refractivity contribution in [1.82, 2.24) is 25.0 Å². The maximum absolute atomic E-state index is 11.0. The van der Waals surface area contributed by atoms with Crippen LogP contribution in [0.2, 0.25) is 0 Å². The van der Waals surface area contributed by atoms with E-state index in [9.17, 15) is 4.79 Å². The van der Waals surface area contributed by atoms with Crippen LogP contribution in [0.25, 0.3) is 5.78 Å². The van der Waals surface area contributed by atoms with Crippen LogP contribution in [0.5, 0.6) is 0 Å². The van der Waals surface area contributed by atoms with Crippen LogP contribution in [0.4, 0.5) is 5.82 Å². The average molecular weight is 175 g/mol. The lowest BCUT2D eigenvalue weighted by Crippen LogP contribution is -1.97. The first kappa shape index (κ1) is 6.29. The van der Waals surface area contributed by atoms with Crippen LogP contribution in [0.1, 0.15) is 10.4 Å². The fraction of sp³-hybridized carbons (Fsp3) is 0. The molecule has 0 aliphatic carbocycles. The zero-order chi connectivity index (χ0) is 8.84. The number of carbonyl (C=O) groups excluding carboxylic acids is 1. The second-order valence-electron chi connectivity index (χ2n) is 2.41. The molecule has 0 radical (unpaired) electrons. The number of hydrogen-bond acceptors (Lipinski definition) is 6. The minimum Gasteiger partial charge on any atom is -0.265 e. The molecule has 0 saturated heterocycles. The highest BCUT2D eigenvalue weighted by molar-refractivity contribution is 6.00. The Morgan fingerprint density at radius 2 is 2.23 bits per heavy atom. The van der Waals surface area contributed by atoms with Crippen LogP contribution >= 0.6 is 0 Å². The van der Waals surface area contributed by atoms with Crippen LogP contribution in [0.3, 0.4) is 0 Å². The van der Waals surface area contributed by atoms with E-state index in [2.05, 4.69) is 30.7 Å². The van der Waals surface area contributed by atoms with Crippen molar-refractivity contribution in [3.63, 3.8) is 0 Å². The van der Waals surface area contributed by atoms with Gasteiger partial charge in [-0.15, -0.1) is 10.2 Å². The molecule has 0 saturated carbocycles. The Morgan fingerprint density at radius 3 is 3.15 bits per heavy atom. The van der Waals surface area contributed by atoms with Crippen LogP contribution in [0.15, 0.2) is 16.4 Å². The zero-order valence-corrected chi connectivity index (χ0v) is 6.12. The van der Waals surface area contributed by atoms with Gasteiger partial charge in [-0.2, -0.15) is 9.50 Å². The van der Waals surface area contributed by atoms with Crippen molar-refractivity contribution in [3.05, 3.63) is 11.8 Å². The second-order valence-corrected chi connectivity index (χ2v) is 2.41. The minimum absolute atomic E-state index is 0.271. The highest BCUT2D eigenvalue weighted by Gasteiger charge is 2.20. The van der Waals surface area contributed by atoms with Gasteiger partial charge in [-0.05, 0) is 10.4 Å². The molecule has 0 fully saturated rings. The van der Waals surface area contributed by atoms with E-state index in [4.69, 9.17) is 0 Å². The second kappa shape index (κ2) is 1.91. The van der Waals surface area contributed by atoms with Gasteiger partial charge in [0, 0.05) is 0 Å². The summed E-state index contributed by atoms with van der Waals surface area (Å²) in [7, 11) is 0. The summed E-state index contributed by atoms with van der Waals surface area (Å²) < 4.78 is 1.30. The first-order valence-corrected chi connectivity index (χ1v) is 3.39. The average Bonchev–Trinajstić information content (AvgIpc) is 2.70. The normalized spacial score (nSPS) is 14.0. The van der Waals surface area contributed by atoms with E-state index >= 15 is 0 Å². The molecule has 8 nitrogen and oxygen atoms in total. The number of nitrogens with zero attached hydrogens (tertiary/aromatic N) is 7. The van der Waals surface area contributed by atoms with Crippen molar-refractivity contribution < 1.29 is 4.79 Å². The molecular formula is C5HN7O. The smallest absolute Gasteiger partial charge is 0.265 e. The number of hydrogen-bond donors (Lipinski definition) is 0. The molecule has 0 unspecified atom stereocenters. The summed E-state index contributed by atoms with van der Waals surface area (Å²) in [6.07, 6.45) is 1.46. The van der Waals surface area contributed by atoms with E-state index in [1.165, 1.54) is 10.7 Å². The Balaban J connectivity index is 2.44. The summed E-state index contributed by atoms with van der Waals surface area (Å²) in [5.74, 6) is 0.152. The molecule has 1 aliphatic rings. The maximum Gasteiger partial charge on any atom is 0.300 e. The number of tetrazole rings is 1. The number of amides is 1. The van der Waals surface area contributed by atoms with E-state index in [1.807, 2.05) is 0 Å². The maximum atomic E-state index is 11.0. The highest BCUT2D eigenvalue weighted by Crippen LogP contribution is 2.23. The molecular weight excluding hydrogens is 174 g/mol. The lowest BCUT2D eigenvalue weighted by atomic mass is 10.3. The van der Waals surface area contributed by atoms with Gasteiger partial charge in [0.1, 0.15) is 5.56 Å². The van der Waals surface area contributed by atoms with Gasteiger partial charge < -0.3 is 0 Å². The predicted octanol–water partition coefficient (Wildman–Crippen LogP) is -0.243. The van der Waals surface area contributed by atoms with E-state index < -0.39 is 5.91 Å². The summed E-state index contributed by atoms with van der Waals surface area (Å²) in [5, 5.41) is 17.5. The summed E-state index contributed by atoms with van der Waals surface area (Å²) in [6, 6.07) is 0. The van der Waals surface area contributed by atoms with E-state index in [1.54, 1.807) is 0 Å². The van der Waals surface area contributed by atoms with E-state index in [-0.39, 0.29) is 5.82 Å². The minimum atomic E-state index is -0.417. The standard InChI is InChI=1S/C5HN7O/c13-4-2-1-12-5(9-10-11-12)6-3(2)7-8-4/h1H. The number of aromatic nitrogens is 5.